The van der Waals surface area contributed by atoms with Crippen molar-refractivity contribution in [3.8, 4) is 17.1 Å². The standard InChI is InChI=1S/C57H45N3O/c1-57(2)47-32-38(56-58-49-18-10-8-17-44(49)55(59-56)35-13-4-3-5-14-35)20-25-41(47)42-26-24-39(33-48(42)57)60-50-19-11-9-16-43(50)45-30-36(21-27-51(45)60)37-23-28-52-46(31-37)54-40-15-7-6-12-34(40)22-29-53(54)61-52/h3-4,6-13,15-32,39,45-46,51-52H,5,14,33H2,1-2H3. The van der Waals surface area contributed by atoms with E-state index in [1.165, 1.54) is 66.6 Å². The third kappa shape index (κ3) is 5.24. The molecular weight excluding hydrogens is 743 g/mol. The highest BCUT2D eigenvalue weighted by Gasteiger charge is 2.45. The van der Waals surface area contributed by atoms with Crippen LogP contribution in [0.4, 0.5) is 5.69 Å². The summed E-state index contributed by atoms with van der Waals surface area (Å²) in [5, 5.41) is 3.67. The maximum absolute atomic E-state index is 6.49. The number of allylic oxidation sites excluding steroid dienone is 10. The lowest BCUT2D eigenvalue weighted by Crippen LogP contribution is -2.42. The molecule has 5 unspecified atom stereocenters. The van der Waals surface area contributed by atoms with Crippen molar-refractivity contribution in [3.63, 3.8) is 0 Å². The van der Waals surface area contributed by atoms with Gasteiger partial charge in [0, 0.05) is 39.5 Å². The number of para-hydroxylation sites is 2. The summed E-state index contributed by atoms with van der Waals surface area (Å²) in [5.41, 5.74) is 16.5. The van der Waals surface area contributed by atoms with Crippen LogP contribution in [0.25, 0.3) is 44.2 Å². The van der Waals surface area contributed by atoms with Gasteiger partial charge >= 0.3 is 0 Å². The number of hydrogen-bond acceptors (Lipinski definition) is 4. The molecule has 7 aliphatic rings. The van der Waals surface area contributed by atoms with Crippen LogP contribution in [0.1, 0.15) is 72.9 Å². The van der Waals surface area contributed by atoms with Crippen molar-refractivity contribution in [1.29, 1.82) is 0 Å². The maximum atomic E-state index is 6.49. The Morgan fingerprint density at radius 2 is 1.57 bits per heavy atom. The highest BCUT2D eigenvalue weighted by atomic mass is 16.5. The molecule has 294 valence electrons. The van der Waals surface area contributed by atoms with E-state index in [-0.39, 0.29) is 35.4 Å². The van der Waals surface area contributed by atoms with Crippen molar-refractivity contribution in [3.05, 3.63) is 215 Å². The third-order valence-electron chi connectivity index (χ3n) is 14.6. The van der Waals surface area contributed by atoms with Gasteiger partial charge in [0.1, 0.15) is 11.9 Å². The number of rotatable bonds is 4. The number of hydrogen-bond donors (Lipinski definition) is 0. The molecule has 0 saturated heterocycles. The smallest absolute Gasteiger partial charge is 0.160 e. The lowest BCUT2D eigenvalue weighted by atomic mass is 9.77. The van der Waals surface area contributed by atoms with E-state index < -0.39 is 0 Å². The van der Waals surface area contributed by atoms with Crippen molar-refractivity contribution < 1.29 is 4.74 Å². The normalized spacial score (nSPS) is 24.7. The van der Waals surface area contributed by atoms with Crippen LogP contribution in [0.15, 0.2) is 187 Å². The first-order chi connectivity index (χ1) is 30.0. The number of fused-ring (bicyclic) bond motifs is 11. The summed E-state index contributed by atoms with van der Waals surface area (Å²) in [7, 11) is 0. The Morgan fingerprint density at radius 1 is 0.754 bits per heavy atom. The fourth-order valence-corrected chi connectivity index (χ4v) is 11.6. The second-order valence-electron chi connectivity index (χ2n) is 18.2. The molecule has 5 aromatic carbocycles. The fraction of sp³-hybridized carbons (Fsp3) is 0.193. The van der Waals surface area contributed by atoms with Crippen LogP contribution >= 0.6 is 0 Å². The van der Waals surface area contributed by atoms with Gasteiger partial charge in [-0.15, -0.1) is 0 Å². The van der Waals surface area contributed by atoms with Crippen molar-refractivity contribution in [1.82, 2.24) is 9.97 Å². The van der Waals surface area contributed by atoms with E-state index in [1.807, 2.05) is 0 Å². The Balaban J connectivity index is 0.806. The van der Waals surface area contributed by atoms with Gasteiger partial charge in [-0.1, -0.05) is 153 Å². The van der Waals surface area contributed by atoms with E-state index in [2.05, 4.69) is 189 Å². The van der Waals surface area contributed by atoms with Crippen molar-refractivity contribution in [2.75, 3.05) is 4.90 Å². The number of benzene rings is 5. The highest BCUT2D eigenvalue weighted by Crippen LogP contribution is 2.54. The summed E-state index contributed by atoms with van der Waals surface area (Å²) in [6.07, 6.45) is 29.0. The molecule has 0 fully saturated rings. The van der Waals surface area contributed by atoms with Crippen molar-refractivity contribution in [2.24, 2.45) is 0 Å². The quantitative estimate of drug-likeness (QED) is 0.178. The molecule has 0 bridgehead atoms. The van der Waals surface area contributed by atoms with E-state index >= 15 is 0 Å². The van der Waals surface area contributed by atoms with E-state index in [4.69, 9.17) is 14.7 Å². The molecule has 61 heavy (non-hydrogen) atoms. The zero-order valence-electron chi connectivity index (χ0n) is 34.4. The zero-order valence-corrected chi connectivity index (χ0v) is 34.4. The second-order valence-corrected chi connectivity index (χ2v) is 18.2. The summed E-state index contributed by atoms with van der Waals surface area (Å²) >= 11 is 0. The Labute approximate surface area is 357 Å². The highest BCUT2D eigenvalue weighted by molar-refractivity contribution is 5.93. The largest absolute Gasteiger partial charge is 0.485 e. The Hall–Kier alpha value is -6.78. The van der Waals surface area contributed by atoms with Crippen molar-refractivity contribution in [2.45, 2.75) is 68.5 Å². The van der Waals surface area contributed by atoms with Gasteiger partial charge in [-0.3, -0.25) is 0 Å². The van der Waals surface area contributed by atoms with Crippen LogP contribution in [-0.2, 0) is 5.41 Å². The van der Waals surface area contributed by atoms with Crippen LogP contribution < -0.4 is 9.64 Å². The molecule has 4 nitrogen and oxygen atoms in total. The summed E-state index contributed by atoms with van der Waals surface area (Å²) in [6, 6.07) is 38.0. The predicted octanol–water partition coefficient (Wildman–Crippen LogP) is 13.1. The molecule has 1 aromatic heterocycles. The topological polar surface area (TPSA) is 38.2 Å². The predicted molar refractivity (Wildman–Crippen MR) is 250 cm³/mol. The SMILES string of the molecule is CC1(C)C2=C(C=CC(N3c4ccccc4C4C=C(C5=CC6c7c(ccc8ccccc78)OC6C=C5)C=CC43)C2)c2ccc(-c3nc(C4=CC=CCC4)c4ccccc4n3)cc21. The van der Waals surface area contributed by atoms with Gasteiger partial charge in [-0.25, -0.2) is 9.97 Å². The Kier molecular flexibility index (Phi) is 7.53. The molecule has 3 heterocycles. The number of aromatic nitrogens is 2. The molecule has 5 aliphatic carbocycles. The molecule has 0 spiro atoms. The van der Waals surface area contributed by atoms with E-state index in [1.54, 1.807) is 0 Å². The molecular formula is C57H45N3O. The molecule has 4 heteroatoms. The average Bonchev–Trinajstić information content (AvgIpc) is 3.93. The summed E-state index contributed by atoms with van der Waals surface area (Å²) < 4.78 is 6.49. The summed E-state index contributed by atoms with van der Waals surface area (Å²) in [6.45, 7) is 4.84. The average molecular weight is 788 g/mol. The molecule has 13 rings (SSSR count). The minimum Gasteiger partial charge on any atom is -0.485 e. The minimum atomic E-state index is -0.139. The van der Waals surface area contributed by atoms with Gasteiger partial charge in [0.15, 0.2) is 5.82 Å². The van der Waals surface area contributed by atoms with Crippen LogP contribution in [0.2, 0.25) is 0 Å². The van der Waals surface area contributed by atoms with Crippen LogP contribution in [-0.4, -0.2) is 28.2 Å². The first-order valence-electron chi connectivity index (χ1n) is 22.0. The third-order valence-corrected chi connectivity index (χ3v) is 14.6. The molecule has 5 atom stereocenters. The van der Waals surface area contributed by atoms with E-state index in [0.717, 1.165) is 53.0 Å². The zero-order chi connectivity index (χ0) is 40.4. The fourth-order valence-electron chi connectivity index (χ4n) is 11.6. The van der Waals surface area contributed by atoms with Gasteiger partial charge in [0.25, 0.3) is 0 Å². The van der Waals surface area contributed by atoms with E-state index in [0.29, 0.717) is 0 Å². The Morgan fingerprint density at radius 3 is 2.48 bits per heavy atom. The lowest BCUT2D eigenvalue weighted by Gasteiger charge is -2.39. The second kappa shape index (κ2) is 13.1. The lowest BCUT2D eigenvalue weighted by molar-refractivity contribution is 0.268. The molecule has 6 aromatic rings. The molecule has 0 radical (unpaired) electrons. The van der Waals surface area contributed by atoms with Crippen LogP contribution in [0.3, 0.4) is 0 Å². The van der Waals surface area contributed by atoms with E-state index in [9.17, 15) is 0 Å². The molecule has 0 amide bonds. The van der Waals surface area contributed by atoms with Gasteiger partial charge in [0.2, 0.25) is 0 Å². The van der Waals surface area contributed by atoms with Gasteiger partial charge in [0.05, 0.1) is 23.3 Å². The molecule has 2 aliphatic heterocycles. The minimum absolute atomic E-state index is 0.0323. The number of anilines is 1. The van der Waals surface area contributed by atoms with Gasteiger partial charge < -0.3 is 9.64 Å². The van der Waals surface area contributed by atoms with Crippen LogP contribution in [0, 0.1) is 0 Å². The van der Waals surface area contributed by atoms with Gasteiger partial charge in [-0.2, -0.15) is 0 Å². The maximum Gasteiger partial charge on any atom is 0.160 e. The van der Waals surface area contributed by atoms with Gasteiger partial charge in [-0.05, 0) is 105 Å². The number of nitrogens with zero attached hydrogens (tertiary/aromatic N) is 3. The molecule has 0 N–H and O–H groups in total. The van der Waals surface area contributed by atoms with Crippen molar-refractivity contribution >= 4 is 38.5 Å². The first kappa shape index (κ1) is 35.0. The summed E-state index contributed by atoms with van der Waals surface area (Å²) in [5.74, 6) is 2.27. The first-order valence-corrected chi connectivity index (χ1v) is 22.0. The summed E-state index contributed by atoms with van der Waals surface area (Å²) in [4.78, 5) is 13.1. The van der Waals surface area contributed by atoms with Crippen LogP contribution in [0.5, 0.6) is 5.75 Å². The Bertz CT molecular complexity index is 3170. The monoisotopic (exact) mass is 787 g/mol. The number of ether oxygens (including phenoxy) is 1. The molecule has 0 saturated carbocycles.